The van der Waals surface area contributed by atoms with Crippen LogP contribution in [-0.4, -0.2) is 58.3 Å². The first kappa shape index (κ1) is 19.4. The molecule has 2 heterocycles. The lowest BCUT2D eigenvalue weighted by molar-refractivity contribution is 0.0624. The first-order chi connectivity index (χ1) is 13.2. The fraction of sp³-hybridized carbons (Fsp3) is 0.524. The zero-order valence-electron chi connectivity index (χ0n) is 16.4. The quantitative estimate of drug-likeness (QED) is 0.717. The summed E-state index contributed by atoms with van der Waals surface area (Å²) in [6.07, 6.45) is 3.71. The van der Waals surface area contributed by atoms with E-state index in [1.165, 1.54) is 5.56 Å². The van der Waals surface area contributed by atoms with Crippen molar-refractivity contribution in [2.75, 3.05) is 32.8 Å². The maximum absolute atomic E-state index is 13.0. The van der Waals surface area contributed by atoms with Crippen LogP contribution < -0.4 is 4.74 Å². The highest BCUT2D eigenvalue weighted by molar-refractivity contribution is 5.96. The molecule has 0 aliphatic carbocycles. The monoisotopic (exact) mass is 370 g/mol. The molecule has 1 amide bonds. The highest BCUT2D eigenvalue weighted by Crippen LogP contribution is 2.20. The predicted octanol–water partition coefficient (Wildman–Crippen LogP) is 3.04. The second-order valence-electron chi connectivity index (χ2n) is 7.01. The van der Waals surface area contributed by atoms with Crippen molar-refractivity contribution in [3.05, 3.63) is 47.7 Å². The number of carbonyl (C=O) groups is 1. The number of aryl methyl sites for hydroxylation is 1. The molecule has 0 bridgehead atoms. The van der Waals surface area contributed by atoms with Gasteiger partial charge in [-0.1, -0.05) is 44.2 Å². The molecular formula is C21H30N4O2. The van der Waals surface area contributed by atoms with E-state index in [9.17, 15) is 4.79 Å². The minimum absolute atomic E-state index is 0.0304. The van der Waals surface area contributed by atoms with Crippen LogP contribution in [0.3, 0.4) is 0 Å². The summed E-state index contributed by atoms with van der Waals surface area (Å²) in [5.74, 6) is 0.504. The van der Waals surface area contributed by atoms with Gasteiger partial charge in [-0.2, -0.15) is 0 Å². The Labute approximate surface area is 161 Å². The van der Waals surface area contributed by atoms with E-state index in [4.69, 9.17) is 4.74 Å². The molecule has 146 valence electrons. The summed E-state index contributed by atoms with van der Waals surface area (Å²) in [5.41, 5.74) is 1.90. The van der Waals surface area contributed by atoms with Crippen LogP contribution in [0.15, 0.2) is 36.5 Å². The Hall–Kier alpha value is -2.34. The number of rotatable bonds is 8. The largest absolute Gasteiger partial charge is 0.476 e. The van der Waals surface area contributed by atoms with E-state index in [0.717, 1.165) is 52.1 Å². The number of aromatic nitrogens is 2. The van der Waals surface area contributed by atoms with Gasteiger partial charge >= 0.3 is 0 Å². The van der Waals surface area contributed by atoms with Crippen molar-refractivity contribution in [3.63, 3.8) is 0 Å². The Bertz CT molecular complexity index is 721. The molecule has 1 fully saturated rings. The number of piperazine rings is 1. The molecule has 1 aliphatic rings. The Morgan fingerprint density at radius 2 is 1.81 bits per heavy atom. The molecule has 0 unspecified atom stereocenters. The second kappa shape index (κ2) is 9.55. The second-order valence-corrected chi connectivity index (χ2v) is 7.01. The summed E-state index contributed by atoms with van der Waals surface area (Å²) in [4.78, 5) is 17.4. The SMILES string of the molecule is CCCOc1nn(CCC)cc1C(=O)N1CCN(Cc2ccccc2)CC1. The molecule has 2 aromatic rings. The van der Waals surface area contributed by atoms with E-state index in [1.54, 1.807) is 0 Å². The lowest BCUT2D eigenvalue weighted by Crippen LogP contribution is -2.48. The van der Waals surface area contributed by atoms with Gasteiger partial charge in [0.05, 0.1) is 6.61 Å². The molecule has 0 atom stereocenters. The van der Waals surface area contributed by atoms with Crippen LogP contribution in [0.4, 0.5) is 0 Å². The Kier molecular flexibility index (Phi) is 6.87. The smallest absolute Gasteiger partial charge is 0.261 e. The van der Waals surface area contributed by atoms with Gasteiger partial charge in [0.1, 0.15) is 5.56 Å². The lowest BCUT2D eigenvalue weighted by Gasteiger charge is -2.34. The summed E-state index contributed by atoms with van der Waals surface area (Å²) < 4.78 is 7.56. The molecule has 27 heavy (non-hydrogen) atoms. The maximum Gasteiger partial charge on any atom is 0.261 e. The van der Waals surface area contributed by atoms with Crippen molar-refractivity contribution in [1.82, 2.24) is 19.6 Å². The molecule has 1 saturated heterocycles. The molecule has 1 aromatic carbocycles. The average molecular weight is 370 g/mol. The van der Waals surface area contributed by atoms with E-state index in [2.05, 4.69) is 48.1 Å². The maximum atomic E-state index is 13.0. The van der Waals surface area contributed by atoms with Crippen LogP contribution in [0.5, 0.6) is 5.88 Å². The van der Waals surface area contributed by atoms with Crippen LogP contribution in [0.25, 0.3) is 0 Å². The molecule has 6 heteroatoms. The van der Waals surface area contributed by atoms with Crippen LogP contribution in [-0.2, 0) is 13.1 Å². The number of carbonyl (C=O) groups excluding carboxylic acids is 1. The minimum atomic E-state index is 0.0304. The Balaban J connectivity index is 1.61. The van der Waals surface area contributed by atoms with Gasteiger partial charge in [0.25, 0.3) is 5.91 Å². The first-order valence-electron chi connectivity index (χ1n) is 9.97. The van der Waals surface area contributed by atoms with Gasteiger partial charge in [-0.25, -0.2) is 0 Å². The third-order valence-electron chi connectivity index (χ3n) is 4.76. The van der Waals surface area contributed by atoms with E-state index in [-0.39, 0.29) is 5.91 Å². The molecule has 1 aromatic heterocycles. The van der Waals surface area contributed by atoms with E-state index in [0.29, 0.717) is 18.1 Å². The third-order valence-corrected chi connectivity index (χ3v) is 4.76. The summed E-state index contributed by atoms with van der Waals surface area (Å²) in [6, 6.07) is 10.5. The Morgan fingerprint density at radius 3 is 2.48 bits per heavy atom. The fourth-order valence-corrected chi connectivity index (χ4v) is 3.32. The summed E-state index contributed by atoms with van der Waals surface area (Å²) in [5, 5.41) is 4.46. The number of amides is 1. The fourth-order valence-electron chi connectivity index (χ4n) is 3.32. The van der Waals surface area contributed by atoms with E-state index >= 15 is 0 Å². The van der Waals surface area contributed by atoms with Crippen molar-refractivity contribution >= 4 is 5.91 Å². The van der Waals surface area contributed by atoms with Crippen LogP contribution >= 0.6 is 0 Å². The first-order valence-corrected chi connectivity index (χ1v) is 9.97. The normalized spacial score (nSPS) is 15.1. The molecule has 0 radical (unpaired) electrons. The zero-order chi connectivity index (χ0) is 19.1. The van der Waals surface area contributed by atoms with Gasteiger partial charge < -0.3 is 9.64 Å². The molecular weight excluding hydrogens is 340 g/mol. The molecule has 0 spiro atoms. The number of hydrogen-bond acceptors (Lipinski definition) is 4. The molecule has 1 aliphatic heterocycles. The van der Waals surface area contributed by atoms with Gasteiger partial charge in [-0.05, 0) is 18.4 Å². The minimum Gasteiger partial charge on any atom is -0.476 e. The van der Waals surface area contributed by atoms with Gasteiger partial charge in [0.15, 0.2) is 0 Å². The molecule has 6 nitrogen and oxygen atoms in total. The van der Waals surface area contributed by atoms with Crippen LogP contribution in [0.2, 0.25) is 0 Å². The third kappa shape index (κ3) is 5.10. The van der Waals surface area contributed by atoms with Crippen molar-refractivity contribution in [2.45, 2.75) is 39.8 Å². The molecule has 3 rings (SSSR count). The molecule has 0 saturated carbocycles. The van der Waals surface area contributed by atoms with Gasteiger partial charge in [-0.15, -0.1) is 5.10 Å². The van der Waals surface area contributed by atoms with Gasteiger partial charge in [-0.3, -0.25) is 14.4 Å². The van der Waals surface area contributed by atoms with E-state index in [1.807, 2.05) is 21.8 Å². The highest BCUT2D eigenvalue weighted by Gasteiger charge is 2.26. The number of benzene rings is 1. The summed E-state index contributed by atoms with van der Waals surface area (Å²) >= 11 is 0. The standard InChI is InChI=1S/C21H30N4O2/c1-3-10-25-17-19(20(22-25)27-15-4-2)21(26)24-13-11-23(12-14-24)16-18-8-6-5-7-9-18/h5-9,17H,3-4,10-16H2,1-2H3. The van der Waals surface area contributed by atoms with E-state index < -0.39 is 0 Å². The van der Waals surface area contributed by atoms with Crippen LogP contribution in [0.1, 0.15) is 42.6 Å². The topological polar surface area (TPSA) is 50.6 Å². The van der Waals surface area contributed by atoms with Crippen molar-refractivity contribution in [1.29, 1.82) is 0 Å². The molecule has 0 N–H and O–H groups in total. The van der Waals surface area contributed by atoms with Crippen molar-refractivity contribution in [3.8, 4) is 5.88 Å². The van der Waals surface area contributed by atoms with Crippen molar-refractivity contribution in [2.24, 2.45) is 0 Å². The van der Waals surface area contributed by atoms with Crippen molar-refractivity contribution < 1.29 is 9.53 Å². The zero-order valence-corrected chi connectivity index (χ0v) is 16.4. The lowest BCUT2D eigenvalue weighted by atomic mass is 10.2. The van der Waals surface area contributed by atoms with Crippen LogP contribution in [0, 0.1) is 0 Å². The summed E-state index contributed by atoms with van der Waals surface area (Å²) in [7, 11) is 0. The Morgan fingerprint density at radius 1 is 1.07 bits per heavy atom. The van der Waals surface area contributed by atoms with Gasteiger partial charge in [0.2, 0.25) is 5.88 Å². The number of hydrogen-bond donors (Lipinski definition) is 0. The summed E-state index contributed by atoms with van der Waals surface area (Å²) in [6.45, 7) is 9.69. The van der Waals surface area contributed by atoms with Gasteiger partial charge in [0, 0.05) is 45.5 Å². The predicted molar refractivity (Wildman–Crippen MR) is 106 cm³/mol. The number of ether oxygens (including phenoxy) is 1. The highest BCUT2D eigenvalue weighted by atomic mass is 16.5. The average Bonchev–Trinajstić information content (AvgIpc) is 3.10. The number of nitrogens with zero attached hydrogens (tertiary/aromatic N) is 4.